The molecule has 0 radical (unpaired) electrons. The maximum Gasteiger partial charge on any atom is 0.190 e. The van der Waals surface area contributed by atoms with E-state index in [-0.39, 0.29) is 0 Å². The topological polar surface area (TPSA) is 45.7 Å². The molecule has 0 spiro atoms. The molecule has 1 rings (SSSR count). The molecule has 4 nitrogen and oxygen atoms in total. The molecule has 21 heavy (non-hydrogen) atoms. The number of methoxy groups -OCH3 is 1. The van der Waals surface area contributed by atoms with Crippen LogP contribution in [0.15, 0.2) is 23.2 Å². The van der Waals surface area contributed by atoms with Gasteiger partial charge >= 0.3 is 0 Å². The molecule has 0 saturated heterocycles. The lowest BCUT2D eigenvalue weighted by molar-refractivity contribution is 0.414. The molecule has 0 amide bonds. The number of ether oxygens (including phenoxy) is 1. The van der Waals surface area contributed by atoms with Crippen molar-refractivity contribution in [3.63, 3.8) is 0 Å². The molecule has 1 aromatic carbocycles. The van der Waals surface area contributed by atoms with E-state index < -0.39 is 0 Å². The van der Waals surface area contributed by atoms with Gasteiger partial charge in [0.15, 0.2) is 5.96 Å². The molecule has 0 unspecified atom stereocenters. The molecule has 2 N–H and O–H groups in total. The first-order chi connectivity index (χ1) is 10.2. The van der Waals surface area contributed by atoms with E-state index in [1.54, 1.807) is 14.2 Å². The Hall–Kier alpha value is -1.07. The molecular weight excluding hydrogens is 306 g/mol. The third-order valence-electron chi connectivity index (χ3n) is 2.99. The van der Waals surface area contributed by atoms with Crippen molar-refractivity contribution < 1.29 is 4.74 Å². The Balaban J connectivity index is 2.34. The number of hydrogen-bond donors (Lipinski definition) is 2. The molecule has 0 fully saturated rings. The van der Waals surface area contributed by atoms with Crippen molar-refractivity contribution in [2.24, 2.45) is 4.99 Å². The fourth-order valence-electron chi connectivity index (χ4n) is 1.82. The van der Waals surface area contributed by atoms with Gasteiger partial charge in [-0.2, -0.15) is 11.8 Å². The van der Waals surface area contributed by atoms with Crippen molar-refractivity contribution in [3.8, 4) is 5.75 Å². The van der Waals surface area contributed by atoms with Crippen LogP contribution in [0.4, 0.5) is 0 Å². The number of halogens is 1. The number of hydrogen-bond acceptors (Lipinski definition) is 3. The highest BCUT2D eigenvalue weighted by Crippen LogP contribution is 2.22. The van der Waals surface area contributed by atoms with Crippen LogP contribution in [0.1, 0.15) is 12.0 Å². The van der Waals surface area contributed by atoms with Gasteiger partial charge in [-0.15, -0.1) is 0 Å². The van der Waals surface area contributed by atoms with E-state index >= 15 is 0 Å². The third kappa shape index (κ3) is 6.96. The van der Waals surface area contributed by atoms with E-state index in [2.05, 4.69) is 21.9 Å². The van der Waals surface area contributed by atoms with Crippen LogP contribution in [0.5, 0.6) is 5.75 Å². The van der Waals surface area contributed by atoms with E-state index in [1.807, 2.05) is 30.0 Å². The van der Waals surface area contributed by atoms with E-state index in [4.69, 9.17) is 16.3 Å². The molecule has 0 heterocycles. The smallest absolute Gasteiger partial charge is 0.190 e. The predicted octanol–water partition coefficient (Wildman–Crippen LogP) is 2.81. The molecule has 0 aliphatic rings. The van der Waals surface area contributed by atoms with Gasteiger partial charge in [0.1, 0.15) is 5.75 Å². The zero-order chi connectivity index (χ0) is 15.5. The lowest BCUT2D eigenvalue weighted by Gasteiger charge is -2.12. The largest absolute Gasteiger partial charge is 0.497 e. The standard InChI is InChI=1S/C15H24ClN3OS/c1-17-15(18-8-4-10-21-3)19-9-7-12-5-6-13(20-2)11-14(12)16/h5-6,11H,4,7-10H2,1-3H3,(H2,17,18,19). The number of guanidine groups is 1. The van der Waals surface area contributed by atoms with Gasteiger partial charge in [0.05, 0.1) is 7.11 Å². The summed E-state index contributed by atoms with van der Waals surface area (Å²) in [5.41, 5.74) is 1.10. The second kappa shape index (κ2) is 10.6. The Morgan fingerprint density at radius 1 is 1.33 bits per heavy atom. The van der Waals surface area contributed by atoms with Crippen LogP contribution in [-0.4, -0.2) is 45.2 Å². The van der Waals surface area contributed by atoms with Gasteiger partial charge in [-0.25, -0.2) is 0 Å². The fraction of sp³-hybridized carbons (Fsp3) is 0.533. The van der Waals surface area contributed by atoms with Crippen molar-refractivity contribution in [1.29, 1.82) is 0 Å². The first-order valence-electron chi connectivity index (χ1n) is 6.97. The molecule has 6 heteroatoms. The van der Waals surface area contributed by atoms with Gasteiger partial charge in [0, 0.05) is 25.2 Å². The summed E-state index contributed by atoms with van der Waals surface area (Å²) in [6.45, 7) is 1.72. The van der Waals surface area contributed by atoms with E-state index in [9.17, 15) is 0 Å². The Labute approximate surface area is 136 Å². The molecule has 0 atom stereocenters. The average molecular weight is 330 g/mol. The third-order valence-corrected chi connectivity index (χ3v) is 4.04. The van der Waals surface area contributed by atoms with E-state index in [0.717, 1.165) is 54.0 Å². The highest BCUT2D eigenvalue weighted by molar-refractivity contribution is 7.98. The summed E-state index contributed by atoms with van der Waals surface area (Å²) in [5, 5.41) is 7.32. The highest BCUT2D eigenvalue weighted by Gasteiger charge is 2.03. The van der Waals surface area contributed by atoms with Crippen molar-refractivity contribution >= 4 is 29.3 Å². The summed E-state index contributed by atoms with van der Waals surface area (Å²) >= 11 is 8.08. The van der Waals surface area contributed by atoms with Crippen molar-refractivity contribution in [1.82, 2.24) is 10.6 Å². The monoisotopic (exact) mass is 329 g/mol. The molecule has 1 aromatic rings. The van der Waals surface area contributed by atoms with Gasteiger partial charge in [0.25, 0.3) is 0 Å². The van der Waals surface area contributed by atoms with Gasteiger partial charge < -0.3 is 15.4 Å². The fourth-order valence-corrected chi connectivity index (χ4v) is 2.52. The molecule has 0 saturated carbocycles. The Morgan fingerprint density at radius 2 is 2.10 bits per heavy atom. The first kappa shape index (κ1) is 18.0. The maximum atomic E-state index is 6.22. The Morgan fingerprint density at radius 3 is 2.71 bits per heavy atom. The van der Waals surface area contributed by atoms with Gasteiger partial charge in [-0.3, -0.25) is 4.99 Å². The SMILES string of the molecule is CN=C(NCCCSC)NCCc1ccc(OC)cc1Cl. The van der Waals surface area contributed by atoms with Crippen LogP contribution in [-0.2, 0) is 6.42 Å². The average Bonchev–Trinajstić information content (AvgIpc) is 2.51. The lowest BCUT2D eigenvalue weighted by atomic mass is 10.1. The first-order valence-corrected chi connectivity index (χ1v) is 8.74. The minimum Gasteiger partial charge on any atom is -0.497 e. The van der Waals surface area contributed by atoms with Crippen molar-refractivity contribution in [3.05, 3.63) is 28.8 Å². The second-order valence-corrected chi connectivity index (χ2v) is 5.87. The van der Waals surface area contributed by atoms with E-state index in [1.165, 1.54) is 0 Å². The summed E-state index contributed by atoms with van der Waals surface area (Å²) in [4.78, 5) is 4.20. The molecule has 0 aliphatic heterocycles. The van der Waals surface area contributed by atoms with Crippen LogP contribution in [0.2, 0.25) is 5.02 Å². The summed E-state index contributed by atoms with van der Waals surface area (Å²) in [6, 6.07) is 5.76. The number of aliphatic imine (C=N–C) groups is 1. The van der Waals surface area contributed by atoms with Crippen LogP contribution < -0.4 is 15.4 Å². The van der Waals surface area contributed by atoms with Crippen LogP contribution in [0.3, 0.4) is 0 Å². The van der Waals surface area contributed by atoms with Crippen molar-refractivity contribution in [2.75, 3.05) is 39.3 Å². The Kier molecular flexibility index (Phi) is 9.10. The number of thioether (sulfide) groups is 1. The molecule has 0 aliphatic carbocycles. The number of nitrogens with zero attached hydrogens (tertiary/aromatic N) is 1. The second-order valence-electron chi connectivity index (χ2n) is 4.48. The molecule has 0 bridgehead atoms. The van der Waals surface area contributed by atoms with E-state index in [0.29, 0.717) is 0 Å². The minimum atomic E-state index is 0.735. The molecular formula is C15H24ClN3OS. The number of benzene rings is 1. The lowest BCUT2D eigenvalue weighted by Crippen LogP contribution is -2.38. The molecule has 0 aromatic heterocycles. The Bertz CT molecular complexity index is 455. The normalized spacial score (nSPS) is 11.3. The predicted molar refractivity (Wildman–Crippen MR) is 94.1 cm³/mol. The van der Waals surface area contributed by atoms with Crippen LogP contribution >= 0.6 is 23.4 Å². The van der Waals surface area contributed by atoms with Crippen molar-refractivity contribution in [2.45, 2.75) is 12.8 Å². The number of rotatable bonds is 8. The summed E-state index contributed by atoms with van der Waals surface area (Å²) in [7, 11) is 3.42. The summed E-state index contributed by atoms with van der Waals surface area (Å²) < 4.78 is 5.14. The van der Waals surface area contributed by atoms with Gasteiger partial charge in [-0.1, -0.05) is 17.7 Å². The maximum absolute atomic E-state index is 6.22. The van der Waals surface area contributed by atoms with Crippen LogP contribution in [0, 0.1) is 0 Å². The minimum absolute atomic E-state index is 0.735. The van der Waals surface area contributed by atoms with Crippen LogP contribution in [0.25, 0.3) is 0 Å². The summed E-state index contributed by atoms with van der Waals surface area (Å²) in [5.74, 6) is 2.77. The highest BCUT2D eigenvalue weighted by atomic mass is 35.5. The quantitative estimate of drug-likeness (QED) is 0.437. The summed E-state index contributed by atoms with van der Waals surface area (Å²) in [6.07, 6.45) is 4.09. The molecule has 118 valence electrons. The number of nitrogens with one attached hydrogen (secondary N) is 2. The zero-order valence-corrected chi connectivity index (χ0v) is 14.5. The zero-order valence-electron chi connectivity index (χ0n) is 12.9. The van der Waals surface area contributed by atoms with Gasteiger partial charge in [0.2, 0.25) is 0 Å². The van der Waals surface area contributed by atoms with Gasteiger partial charge in [-0.05, 0) is 42.5 Å².